The monoisotopic (exact) mass is 422 g/mol. The lowest BCUT2D eigenvalue weighted by molar-refractivity contribution is -0.137. The van der Waals surface area contributed by atoms with Gasteiger partial charge in [0.1, 0.15) is 0 Å². The van der Waals surface area contributed by atoms with Gasteiger partial charge in [0.15, 0.2) is 0 Å². The average molecular weight is 422 g/mol. The molecule has 1 saturated heterocycles. The van der Waals surface area contributed by atoms with Gasteiger partial charge in [-0.3, -0.25) is 14.4 Å². The maximum Gasteiger partial charge on any atom is 0.416 e. The number of aryl methyl sites for hydroxylation is 2. The average Bonchev–Trinajstić information content (AvgIpc) is 3.01. The number of hydrogen-bond donors (Lipinski definition) is 1. The summed E-state index contributed by atoms with van der Waals surface area (Å²) in [5, 5.41) is 7.37. The van der Waals surface area contributed by atoms with Gasteiger partial charge in [-0.15, -0.1) is 0 Å². The van der Waals surface area contributed by atoms with E-state index < -0.39 is 11.7 Å². The van der Waals surface area contributed by atoms with Crippen molar-refractivity contribution in [2.45, 2.75) is 51.9 Å². The fourth-order valence-electron chi connectivity index (χ4n) is 4.14. The number of carbonyl (C=O) groups is 1. The number of piperidine rings is 1. The highest BCUT2D eigenvalue weighted by atomic mass is 19.4. The molecule has 1 fully saturated rings. The Morgan fingerprint density at radius 3 is 2.60 bits per heavy atom. The second-order valence-corrected chi connectivity index (χ2v) is 8.25. The highest BCUT2D eigenvalue weighted by molar-refractivity contribution is 5.76. The maximum atomic E-state index is 12.9. The lowest BCUT2D eigenvalue weighted by Crippen LogP contribution is -2.36. The van der Waals surface area contributed by atoms with Crippen LogP contribution in [-0.2, 0) is 24.6 Å². The molecule has 0 spiro atoms. The number of hydrogen-bond acceptors (Lipinski definition) is 3. The van der Waals surface area contributed by atoms with E-state index in [1.165, 1.54) is 12.1 Å². The number of nitrogens with zero attached hydrogens (tertiary/aromatic N) is 3. The summed E-state index contributed by atoms with van der Waals surface area (Å²) in [6.45, 7) is 5.95. The minimum atomic E-state index is -4.32. The first-order chi connectivity index (χ1) is 14.1. The molecule has 8 heteroatoms. The van der Waals surface area contributed by atoms with E-state index in [0.29, 0.717) is 24.4 Å². The number of aromatic nitrogens is 2. The van der Waals surface area contributed by atoms with Crippen LogP contribution < -0.4 is 5.32 Å². The third-order valence-electron chi connectivity index (χ3n) is 5.74. The van der Waals surface area contributed by atoms with Crippen molar-refractivity contribution in [3.63, 3.8) is 0 Å². The Morgan fingerprint density at radius 1 is 1.30 bits per heavy atom. The number of carbonyl (C=O) groups excluding carboxylic acids is 1. The van der Waals surface area contributed by atoms with Crippen molar-refractivity contribution in [1.82, 2.24) is 20.0 Å². The molecule has 0 aliphatic carbocycles. The van der Waals surface area contributed by atoms with Crippen molar-refractivity contribution in [2.24, 2.45) is 13.0 Å². The molecule has 164 valence electrons. The Bertz CT molecular complexity index is 870. The Hall–Kier alpha value is -2.35. The van der Waals surface area contributed by atoms with E-state index in [2.05, 4.69) is 15.3 Å². The van der Waals surface area contributed by atoms with Crippen molar-refractivity contribution in [2.75, 3.05) is 13.1 Å². The third kappa shape index (κ3) is 5.84. The molecule has 2 heterocycles. The van der Waals surface area contributed by atoms with Gasteiger partial charge in [0, 0.05) is 31.8 Å². The minimum absolute atomic E-state index is 0.0297. The topological polar surface area (TPSA) is 50.2 Å². The standard InChI is InChI=1S/C22H29F3N4O/c1-15(20-14-28(3)27-16(20)2)26-21(30)12-17-7-9-29(10-8-17)13-18-5-4-6-19(11-18)22(23,24)25/h4-6,11,14-15,17H,7-10,12-13H2,1-3H3,(H,26,30)/t15-/m1/s1. The van der Waals surface area contributed by atoms with Gasteiger partial charge in [-0.2, -0.15) is 18.3 Å². The predicted octanol–water partition coefficient (Wildman–Crippen LogP) is 4.23. The van der Waals surface area contributed by atoms with Crippen molar-refractivity contribution < 1.29 is 18.0 Å². The summed E-state index contributed by atoms with van der Waals surface area (Å²) in [5.41, 5.74) is 1.99. The third-order valence-corrected chi connectivity index (χ3v) is 5.74. The lowest BCUT2D eigenvalue weighted by atomic mass is 9.92. The Labute approximate surface area is 175 Å². The first-order valence-electron chi connectivity index (χ1n) is 10.3. The molecule has 1 N–H and O–H groups in total. The molecule has 1 atom stereocenters. The summed E-state index contributed by atoms with van der Waals surface area (Å²) in [5.74, 6) is 0.326. The van der Waals surface area contributed by atoms with E-state index in [9.17, 15) is 18.0 Å². The maximum absolute atomic E-state index is 12.9. The van der Waals surface area contributed by atoms with Crippen LogP contribution in [0.3, 0.4) is 0 Å². The first-order valence-corrected chi connectivity index (χ1v) is 10.3. The SMILES string of the molecule is Cc1nn(C)cc1[C@@H](C)NC(=O)CC1CCN(Cc2cccc(C(F)(F)F)c2)CC1. The Balaban J connectivity index is 1.45. The summed E-state index contributed by atoms with van der Waals surface area (Å²) in [7, 11) is 1.86. The second kappa shape index (κ2) is 9.20. The Morgan fingerprint density at radius 2 is 2.00 bits per heavy atom. The molecule has 0 unspecified atom stereocenters. The van der Waals surface area contributed by atoms with Crippen LogP contribution in [0, 0.1) is 12.8 Å². The van der Waals surface area contributed by atoms with E-state index in [4.69, 9.17) is 0 Å². The molecule has 1 amide bonds. The van der Waals surface area contributed by atoms with Crippen LogP contribution in [-0.4, -0.2) is 33.7 Å². The van der Waals surface area contributed by atoms with Crippen molar-refractivity contribution in [3.8, 4) is 0 Å². The lowest BCUT2D eigenvalue weighted by Gasteiger charge is -2.32. The predicted molar refractivity (Wildman–Crippen MR) is 109 cm³/mol. The molecular weight excluding hydrogens is 393 g/mol. The minimum Gasteiger partial charge on any atom is -0.349 e. The molecule has 1 aliphatic heterocycles. The van der Waals surface area contributed by atoms with Crippen molar-refractivity contribution >= 4 is 5.91 Å². The molecular formula is C22H29F3N4O. The number of rotatable bonds is 6. The second-order valence-electron chi connectivity index (χ2n) is 8.25. The summed E-state index contributed by atoms with van der Waals surface area (Å²) in [4.78, 5) is 14.6. The number of amides is 1. The van der Waals surface area contributed by atoms with Gasteiger partial charge in [0.25, 0.3) is 0 Å². The molecule has 0 saturated carbocycles. The normalized spacial score (nSPS) is 17.1. The van der Waals surface area contributed by atoms with Crippen molar-refractivity contribution in [1.29, 1.82) is 0 Å². The number of halogens is 3. The van der Waals surface area contributed by atoms with Crippen LogP contribution in [0.5, 0.6) is 0 Å². The Kier molecular flexibility index (Phi) is 6.85. The molecule has 0 bridgehead atoms. The highest BCUT2D eigenvalue weighted by Crippen LogP contribution is 2.30. The summed E-state index contributed by atoms with van der Waals surface area (Å²) >= 11 is 0. The van der Waals surface area contributed by atoms with Crippen molar-refractivity contribution in [3.05, 3.63) is 52.8 Å². The fourth-order valence-corrected chi connectivity index (χ4v) is 4.14. The quantitative estimate of drug-likeness (QED) is 0.758. The smallest absolute Gasteiger partial charge is 0.349 e. The van der Waals surface area contributed by atoms with E-state index in [1.807, 2.05) is 27.1 Å². The van der Waals surface area contributed by atoms with Crippen LogP contribution >= 0.6 is 0 Å². The zero-order valence-electron chi connectivity index (χ0n) is 17.7. The zero-order valence-corrected chi connectivity index (χ0v) is 17.7. The van der Waals surface area contributed by atoms with Gasteiger partial charge in [0.05, 0.1) is 17.3 Å². The molecule has 1 aromatic heterocycles. The zero-order chi connectivity index (χ0) is 21.9. The van der Waals surface area contributed by atoms with E-state index in [0.717, 1.165) is 43.3 Å². The number of nitrogens with one attached hydrogen (secondary N) is 1. The molecule has 3 rings (SSSR count). The molecule has 1 aliphatic rings. The van der Waals surface area contributed by atoms with Gasteiger partial charge < -0.3 is 5.32 Å². The number of alkyl halides is 3. The van der Waals surface area contributed by atoms with E-state index >= 15 is 0 Å². The van der Waals surface area contributed by atoms with Gasteiger partial charge in [0.2, 0.25) is 5.91 Å². The summed E-state index contributed by atoms with van der Waals surface area (Å²) < 4.78 is 40.4. The fraction of sp³-hybridized carbons (Fsp3) is 0.545. The van der Waals surface area contributed by atoms with Crippen LogP contribution in [0.1, 0.15) is 54.6 Å². The van der Waals surface area contributed by atoms with Gasteiger partial charge >= 0.3 is 6.18 Å². The highest BCUT2D eigenvalue weighted by Gasteiger charge is 2.30. The van der Waals surface area contributed by atoms with Crippen LogP contribution in [0.15, 0.2) is 30.5 Å². The van der Waals surface area contributed by atoms with Crippen LogP contribution in [0.25, 0.3) is 0 Å². The molecule has 5 nitrogen and oxygen atoms in total. The summed E-state index contributed by atoms with van der Waals surface area (Å²) in [6.07, 6.45) is -0.186. The van der Waals surface area contributed by atoms with Crippen LogP contribution in [0.4, 0.5) is 13.2 Å². The van der Waals surface area contributed by atoms with E-state index in [1.54, 1.807) is 10.7 Å². The number of benzene rings is 1. The van der Waals surface area contributed by atoms with Crippen LogP contribution in [0.2, 0.25) is 0 Å². The molecule has 1 aromatic carbocycles. The van der Waals surface area contributed by atoms with E-state index in [-0.39, 0.29) is 11.9 Å². The van der Waals surface area contributed by atoms with Gasteiger partial charge in [-0.05, 0) is 57.3 Å². The summed E-state index contributed by atoms with van der Waals surface area (Å²) in [6, 6.07) is 5.42. The number of likely N-dealkylation sites (tertiary alicyclic amines) is 1. The molecule has 2 aromatic rings. The molecule has 0 radical (unpaired) electrons. The van der Waals surface area contributed by atoms with Gasteiger partial charge in [-0.1, -0.05) is 18.2 Å². The largest absolute Gasteiger partial charge is 0.416 e. The molecule has 30 heavy (non-hydrogen) atoms. The first kappa shape index (κ1) is 22.3. The van der Waals surface area contributed by atoms with Gasteiger partial charge in [-0.25, -0.2) is 0 Å².